The summed E-state index contributed by atoms with van der Waals surface area (Å²) in [5.41, 5.74) is 3.34. The maximum Gasteiger partial charge on any atom is 0.319 e. The Morgan fingerprint density at radius 3 is 2.12 bits per heavy atom. The van der Waals surface area contributed by atoms with Gasteiger partial charge in [-0.3, -0.25) is 24.4 Å². The Hall–Kier alpha value is -4.89. The first-order valence-corrected chi connectivity index (χ1v) is 18.2. The van der Waals surface area contributed by atoms with Crippen molar-refractivity contribution in [1.82, 2.24) is 44.8 Å². The molecule has 0 spiro atoms. The van der Waals surface area contributed by atoms with Gasteiger partial charge in [0.05, 0.1) is 11.1 Å². The molecule has 6 rings (SSSR count). The SMILES string of the molecule is CCn1c(NCCN2CCN(C)CC2)c(C(=O)NCCN2CCN(C)CC2)c(=O)c2ccc(-c3ccc(NC(=O)NCc4cccnc4)cc3)nc21. The fourth-order valence-corrected chi connectivity index (χ4v) is 6.65. The third-order valence-electron chi connectivity index (χ3n) is 9.89. The number of aryl methyl sites for hydroxylation is 1. The van der Waals surface area contributed by atoms with Crippen molar-refractivity contribution >= 4 is 34.5 Å². The molecule has 0 unspecified atom stereocenters. The zero-order valence-electron chi connectivity index (χ0n) is 30.5. The van der Waals surface area contributed by atoms with Crippen molar-refractivity contribution in [2.45, 2.75) is 20.0 Å². The second-order valence-electron chi connectivity index (χ2n) is 13.6. The molecule has 1 aromatic carbocycles. The van der Waals surface area contributed by atoms with Crippen LogP contribution >= 0.6 is 0 Å². The van der Waals surface area contributed by atoms with E-state index in [1.807, 2.05) is 54.0 Å². The summed E-state index contributed by atoms with van der Waals surface area (Å²) in [6.45, 7) is 13.3. The average molecular weight is 710 g/mol. The number of piperazine rings is 2. The first-order chi connectivity index (χ1) is 25.3. The van der Waals surface area contributed by atoms with Gasteiger partial charge in [-0.15, -0.1) is 0 Å². The number of pyridine rings is 3. The highest BCUT2D eigenvalue weighted by Crippen LogP contribution is 2.25. The Labute approximate surface area is 305 Å². The van der Waals surface area contributed by atoms with Gasteiger partial charge in [-0.05, 0) is 56.9 Å². The van der Waals surface area contributed by atoms with Crippen LogP contribution < -0.4 is 26.7 Å². The number of hydrogen-bond acceptors (Lipinski definition) is 10. The molecule has 3 amide bonds. The Balaban J connectivity index is 1.22. The van der Waals surface area contributed by atoms with Crippen molar-refractivity contribution in [2.24, 2.45) is 0 Å². The van der Waals surface area contributed by atoms with E-state index >= 15 is 0 Å². The predicted octanol–water partition coefficient (Wildman–Crippen LogP) is 2.44. The van der Waals surface area contributed by atoms with E-state index in [9.17, 15) is 14.4 Å². The minimum Gasteiger partial charge on any atom is -0.369 e. The maximum absolute atomic E-state index is 14.2. The molecular formula is C38H51N11O3. The minimum atomic E-state index is -0.373. The number of carbonyl (C=O) groups is 2. The number of nitrogens with zero attached hydrogens (tertiary/aromatic N) is 7. The van der Waals surface area contributed by atoms with Crippen molar-refractivity contribution in [2.75, 3.05) is 103 Å². The second-order valence-corrected chi connectivity index (χ2v) is 13.6. The summed E-state index contributed by atoms with van der Waals surface area (Å²) in [6, 6.07) is 14.4. The lowest BCUT2D eigenvalue weighted by Gasteiger charge is -2.32. The van der Waals surface area contributed by atoms with Gasteiger partial charge in [0, 0.05) is 115 Å². The average Bonchev–Trinajstić information content (AvgIpc) is 3.16. The fourth-order valence-electron chi connectivity index (χ4n) is 6.65. The summed E-state index contributed by atoms with van der Waals surface area (Å²) in [7, 11) is 4.26. The summed E-state index contributed by atoms with van der Waals surface area (Å²) >= 11 is 0. The van der Waals surface area contributed by atoms with Gasteiger partial charge < -0.3 is 35.6 Å². The smallest absolute Gasteiger partial charge is 0.319 e. The van der Waals surface area contributed by atoms with Crippen molar-refractivity contribution in [3.05, 3.63) is 82.3 Å². The van der Waals surface area contributed by atoms with E-state index in [1.54, 1.807) is 18.5 Å². The highest BCUT2D eigenvalue weighted by Gasteiger charge is 2.24. The van der Waals surface area contributed by atoms with Crippen LogP contribution in [0.1, 0.15) is 22.8 Å². The molecule has 0 radical (unpaired) electrons. The molecule has 4 N–H and O–H groups in total. The van der Waals surface area contributed by atoms with Crippen molar-refractivity contribution in [3.8, 4) is 11.3 Å². The maximum atomic E-state index is 14.2. The minimum absolute atomic E-state index is 0.123. The van der Waals surface area contributed by atoms with E-state index in [-0.39, 0.29) is 22.9 Å². The Kier molecular flexibility index (Phi) is 12.5. The number of rotatable bonds is 13. The molecule has 0 bridgehead atoms. The van der Waals surface area contributed by atoms with E-state index in [1.165, 1.54) is 0 Å². The number of urea groups is 1. The first-order valence-electron chi connectivity index (χ1n) is 18.2. The predicted molar refractivity (Wildman–Crippen MR) is 206 cm³/mol. The molecule has 2 fully saturated rings. The third kappa shape index (κ3) is 9.31. The van der Waals surface area contributed by atoms with Crippen LogP contribution in [0, 0.1) is 0 Å². The quantitative estimate of drug-likeness (QED) is 0.164. The molecule has 14 nitrogen and oxygen atoms in total. The summed E-state index contributed by atoms with van der Waals surface area (Å²) < 4.78 is 1.95. The number of fused-ring (bicyclic) bond motifs is 1. The number of hydrogen-bond donors (Lipinski definition) is 4. The normalized spacial score (nSPS) is 16.1. The van der Waals surface area contributed by atoms with Crippen LogP contribution in [0.4, 0.5) is 16.3 Å². The number of benzene rings is 1. The lowest BCUT2D eigenvalue weighted by atomic mass is 10.1. The first kappa shape index (κ1) is 36.9. The van der Waals surface area contributed by atoms with Gasteiger partial charge in [-0.2, -0.15) is 0 Å². The van der Waals surface area contributed by atoms with Gasteiger partial charge >= 0.3 is 6.03 Å². The van der Waals surface area contributed by atoms with Crippen molar-refractivity contribution in [3.63, 3.8) is 0 Å². The van der Waals surface area contributed by atoms with Crippen LogP contribution in [-0.4, -0.2) is 139 Å². The summed E-state index contributed by atoms with van der Waals surface area (Å²) in [6.07, 6.45) is 3.40. The lowest BCUT2D eigenvalue weighted by molar-refractivity contribution is 0.0940. The molecule has 4 aromatic rings. The Morgan fingerprint density at radius 1 is 0.808 bits per heavy atom. The van der Waals surface area contributed by atoms with Gasteiger partial charge in [0.2, 0.25) is 5.43 Å². The summed E-state index contributed by atoms with van der Waals surface area (Å²) in [4.78, 5) is 58.9. The zero-order chi connectivity index (χ0) is 36.5. The van der Waals surface area contributed by atoms with Crippen LogP contribution in [0.5, 0.6) is 0 Å². The summed E-state index contributed by atoms with van der Waals surface area (Å²) in [5, 5.41) is 12.6. The van der Waals surface area contributed by atoms with E-state index in [2.05, 4.69) is 59.9 Å². The molecular weight excluding hydrogens is 658 g/mol. The van der Waals surface area contributed by atoms with Gasteiger partial charge in [-0.25, -0.2) is 9.78 Å². The summed E-state index contributed by atoms with van der Waals surface area (Å²) in [5.74, 6) is 0.120. The molecule has 52 heavy (non-hydrogen) atoms. The van der Waals surface area contributed by atoms with Crippen LogP contribution in [0.25, 0.3) is 22.3 Å². The fraction of sp³-hybridized carbons (Fsp3) is 0.447. The third-order valence-corrected chi connectivity index (χ3v) is 9.89. The van der Waals surface area contributed by atoms with Crippen molar-refractivity contribution in [1.29, 1.82) is 0 Å². The number of anilines is 2. The van der Waals surface area contributed by atoms with Gasteiger partial charge in [0.15, 0.2) is 0 Å². The zero-order valence-corrected chi connectivity index (χ0v) is 30.5. The lowest BCUT2D eigenvalue weighted by Crippen LogP contribution is -2.47. The molecule has 0 atom stereocenters. The standard InChI is InChI=1S/C38H51N11O3/c1-4-49-35-31(11-12-32(44-35)29-7-9-30(10-8-29)43-38(52)42-27-28-6-5-13-39-26-28)34(50)33(36(49)40-14-16-47-22-18-45(2)19-23-47)37(51)41-15-17-48-24-20-46(3)21-25-48/h5-13,26,40H,4,14-25,27H2,1-3H3,(H,41,51)(H2,42,43,52). The van der Waals surface area contributed by atoms with Crippen LogP contribution in [0.3, 0.4) is 0 Å². The van der Waals surface area contributed by atoms with E-state index in [0.717, 1.165) is 76.6 Å². The van der Waals surface area contributed by atoms with E-state index in [4.69, 9.17) is 4.98 Å². The van der Waals surface area contributed by atoms with Crippen LogP contribution in [0.2, 0.25) is 0 Å². The molecule has 0 saturated carbocycles. The highest BCUT2D eigenvalue weighted by atomic mass is 16.2. The molecule has 3 aromatic heterocycles. The van der Waals surface area contributed by atoms with E-state index < -0.39 is 0 Å². The van der Waals surface area contributed by atoms with Gasteiger partial charge in [0.25, 0.3) is 5.91 Å². The topological polar surface area (TPSA) is 143 Å². The Morgan fingerprint density at radius 2 is 1.48 bits per heavy atom. The molecule has 14 heteroatoms. The molecule has 276 valence electrons. The molecule has 2 aliphatic heterocycles. The van der Waals surface area contributed by atoms with E-state index in [0.29, 0.717) is 54.4 Å². The number of carbonyl (C=O) groups excluding carboxylic acids is 2. The second kappa shape index (κ2) is 17.6. The molecule has 2 saturated heterocycles. The van der Waals surface area contributed by atoms with Gasteiger partial charge in [-0.1, -0.05) is 18.2 Å². The number of aromatic nitrogens is 3. The monoisotopic (exact) mass is 709 g/mol. The van der Waals surface area contributed by atoms with Crippen LogP contribution in [0.15, 0.2) is 65.7 Å². The highest BCUT2D eigenvalue weighted by molar-refractivity contribution is 6.02. The number of amides is 3. The Bertz CT molecular complexity index is 1870. The number of nitrogens with one attached hydrogen (secondary N) is 4. The molecule has 5 heterocycles. The van der Waals surface area contributed by atoms with Gasteiger partial charge in [0.1, 0.15) is 17.0 Å². The van der Waals surface area contributed by atoms with Crippen LogP contribution in [-0.2, 0) is 13.1 Å². The molecule has 0 aliphatic carbocycles. The molecule has 2 aliphatic rings. The van der Waals surface area contributed by atoms with Crippen molar-refractivity contribution < 1.29 is 9.59 Å². The largest absolute Gasteiger partial charge is 0.369 e. The number of likely N-dealkylation sites (N-methyl/N-ethyl adjacent to an activating group) is 2.